The van der Waals surface area contributed by atoms with Crippen molar-refractivity contribution >= 4 is 17.3 Å². The van der Waals surface area contributed by atoms with E-state index in [1.807, 2.05) is 0 Å². The highest BCUT2D eigenvalue weighted by Crippen LogP contribution is 2.22. The van der Waals surface area contributed by atoms with Crippen molar-refractivity contribution in [3.8, 4) is 0 Å². The van der Waals surface area contributed by atoms with E-state index in [1.165, 1.54) is 12.1 Å². The largest absolute Gasteiger partial charge is 0.387 e. The van der Waals surface area contributed by atoms with Crippen molar-refractivity contribution in [2.24, 2.45) is 5.92 Å². The van der Waals surface area contributed by atoms with Gasteiger partial charge in [0.25, 0.3) is 11.6 Å². The molecule has 0 bridgehead atoms. The number of carbonyl (C=O) groups excluding carboxylic acids is 1. The summed E-state index contributed by atoms with van der Waals surface area (Å²) in [5, 5.41) is 16.5. The van der Waals surface area contributed by atoms with E-state index < -0.39 is 4.92 Å². The van der Waals surface area contributed by atoms with Crippen molar-refractivity contribution in [2.45, 2.75) is 12.8 Å². The molecule has 1 aliphatic rings. The molecule has 0 aliphatic carbocycles. The number of hydrogen-bond acceptors (Lipinski definition) is 5. The number of carbonyl (C=O) groups is 1. The summed E-state index contributed by atoms with van der Waals surface area (Å²) in [6, 6.07) is 4.22. The number of nitro benzene ring substituents is 1. The van der Waals surface area contributed by atoms with Crippen LogP contribution in [0.15, 0.2) is 18.2 Å². The lowest BCUT2D eigenvalue weighted by atomic mass is 10.0. The standard InChI is InChI=1S/C14H19N3O4/c1-15-13-3-2-11(17(19)20)8-12(13)14(18)16-9-10-4-6-21-7-5-10/h2-3,8,10,15H,4-7,9H2,1H3,(H,16,18). The second-order valence-electron chi connectivity index (χ2n) is 5.00. The number of nitrogens with zero attached hydrogens (tertiary/aromatic N) is 1. The summed E-state index contributed by atoms with van der Waals surface area (Å²) in [5.74, 6) is 0.106. The van der Waals surface area contributed by atoms with Crippen molar-refractivity contribution in [3.63, 3.8) is 0 Å². The first-order valence-electron chi connectivity index (χ1n) is 6.94. The molecular formula is C14H19N3O4. The Balaban J connectivity index is 2.06. The molecule has 2 rings (SSSR count). The number of benzene rings is 1. The molecule has 1 saturated heterocycles. The smallest absolute Gasteiger partial charge is 0.270 e. The van der Waals surface area contributed by atoms with Crippen molar-refractivity contribution in [1.29, 1.82) is 0 Å². The quantitative estimate of drug-likeness (QED) is 0.637. The zero-order valence-electron chi connectivity index (χ0n) is 11.9. The first-order chi connectivity index (χ1) is 10.1. The van der Waals surface area contributed by atoms with Gasteiger partial charge in [-0.1, -0.05) is 0 Å². The molecule has 1 amide bonds. The molecule has 1 fully saturated rings. The van der Waals surface area contributed by atoms with Crippen LogP contribution >= 0.6 is 0 Å². The zero-order chi connectivity index (χ0) is 15.2. The minimum absolute atomic E-state index is 0.0924. The van der Waals surface area contributed by atoms with Gasteiger partial charge in [0.2, 0.25) is 0 Å². The number of amides is 1. The number of rotatable bonds is 5. The molecule has 0 aromatic heterocycles. The van der Waals surface area contributed by atoms with E-state index >= 15 is 0 Å². The van der Waals surface area contributed by atoms with Crippen LogP contribution in [-0.4, -0.2) is 37.6 Å². The van der Waals surface area contributed by atoms with Crippen LogP contribution in [0, 0.1) is 16.0 Å². The molecular weight excluding hydrogens is 274 g/mol. The fraction of sp³-hybridized carbons (Fsp3) is 0.500. The van der Waals surface area contributed by atoms with Gasteiger partial charge in [0, 0.05) is 44.6 Å². The Hall–Kier alpha value is -2.15. The normalized spacial score (nSPS) is 15.5. The molecule has 1 aliphatic heterocycles. The van der Waals surface area contributed by atoms with Gasteiger partial charge in [-0.25, -0.2) is 0 Å². The molecule has 1 aromatic rings. The minimum Gasteiger partial charge on any atom is -0.387 e. The van der Waals surface area contributed by atoms with Gasteiger partial charge in [0.1, 0.15) is 0 Å². The number of nitrogens with one attached hydrogen (secondary N) is 2. The average molecular weight is 293 g/mol. The first-order valence-corrected chi connectivity index (χ1v) is 6.94. The zero-order valence-corrected chi connectivity index (χ0v) is 11.9. The highest BCUT2D eigenvalue weighted by Gasteiger charge is 2.18. The Bertz CT molecular complexity index is 527. The maximum absolute atomic E-state index is 12.2. The Morgan fingerprint density at radius 1 is 1.43 bits per heavy atom. The van der Waals surface area contributed by atoms with E-state index in [0.29, 0.717) is 23.7 Å². The van der Waals surface area contributed by atoms with Crippen LogP contribution in [0.2, 0.25) is 0 Å². The summed E-state index contributed by atoms with van der Waals surface area (Å²) < 4.78 is 5.27. The van der Waals surface area contributed by atoms with Gasteiger partial charge in [-0.15, -0.1) is 0 Å². The van der Waals surface area contributed by atoms with Gasteiger partial charge < -0.3 is 15.4 Å². The van der Waals surface area contributed by atoms with E-state index in [2.05, 4.69) is 10.6 Å². The summed E-state index contributed by atoms with van der Waals surface area (Å²) in [4.78, 5) is 22.6. The van der Waals surface area contributed by atoms with Crippen molar-refractivity contribution in [1.82, 2.24) is 5.32 Å². The highest BCUT2D eigenvalue weighted by atomic mass is 16.6. The lowest BCUT2D eigenvalue weighted by molar-refractivity contribution is -0.384. The molecule has 1 heterocycles. The van der Waals surface area contributed by atoms with Crippen LogP contribution in [-0.2, 0) is 4.74 Å². The summed E-state index contributed by atoms with van der Waals surface area (Å²) in [7, 11) is 1.68. The van der Waals surface area contributed by atoms with Crippen LogP contribution in [0.1, 0.15) is 23.2 Å². The average Bonchev–Trinajstić information content (AvgIpc) is 2.52. The molecule has 0 atom stereocenters. The van der Waals surface area contributed by atoms with Crippen molar-refractivity contribution in [2.75, 3.05) is 32.1 Å². The van der Waals surface area contributed by atoms with E-state index in [9.17, 15) is 14.9 Å². The Labute approximate surface area is 122 Å². The number of anilines is 1. The number of non-ortho nitro benzene ring substituents is 1. The molecule has 7 heteroatoms. The van der Waals surface area contributed by atoms with Gasteiger partial charge in [-0.2, -0.15) is 0 Å². The van der Waals surface area contributed by atoms with Crippen LogP contribution in [0.3, 0.4) is 0 Å². The monoisotopic (exact) mass is 293 g/mol. The maximum atomic E-state index is 12.2. The van der Waals surface area contributed by atoms with Crippen molar-refractivity contribution in [3.05, 3.63) is 33.9 Å². The van der Waals surface area contributed by atoms with E-state index in [1.54, 1.807) is 13.1 Å². The van der Waals surface area contributed by atoms with Crippen LogP contribution < -0.4 is 10.6 Å². The van der Waals surface area contributed by atoms with E-state index in [0.717, 1.165) is 26.1 Å². The van der Waals surface area contributed by atoms with Gasteiger partial charge >= 0.3 is 0 Å². The number of hydrogen-bond donors (Lipinski definition) is 2. The second kappa shape index (κ2) is 7.03. The maximum Gasteiger partial charge on any atom is 0.270 e. The third-order valence-corrected chi connectivity index (χ3v) is 3.62. The fourth-order valence-electron chi connectivity index (χ4n) is 2.33. The molecule has 7 nitrogen and oxygen atoms in total. The lowest BCUT2D eigenvalue weighted by Crippen LogP contribution is -2.32. The Morgan fingerprint density at radius 3 is 2.76 bits per heavy atom. The summed E-state index contributed by atoms with van der Waals surface area (Å²) in [5.41, 5.74) is 0.772. The molecule has 1 aromatic carbocycles. The highest BCUT2D eigenvalue weighted by molar-refractivity contribution is 6.00. The molecule has 0 radical (unpaired) electrons. The summed E-state index contributed by atoms with van der Waals surface area (Å²) >= 11 is 0. The fourth-order valence-corrected chi connectivity index (χ4v) is 2.33. The Kier molecular flexibility index (Phi) is 5.10. The number of ether oxygens (including phenoxy) is 1. The predicted octanol–water partition coefficient (Wildman–Crippen LogP) is 1.79. The van der Waals surface area contributed by atoms with Crippen LogP contribution in [0.5, 0.6) is 0 Å². The topological polar surface area (TPSA) is 93.5 Å². The second-order valence-corrected chi connectivity index (χ2v) is 5.00. The molecule has 114 valence electrons. The molecule has 0 spiro atoms. The van der Waals surface area contributed by atoms with E-state index in [-0.39, 0.29) is 11.6 Å². The molecule has 2 N–H and O–H groups in total. The lowest BCUT2D eigenvalue weighted by Gasteiger charge is -2.22. The van der Waals surface area contributed by atoms with E-state index in [4.69, 9.17) is 4.74 Å². The Morgan fingerprint density at radius 2 is 2.14 bits per heavy atom. The van der Waals surface area contributed by atoms with Gasteiger partial charge in [-0.05, 0) is 24.8 Å². The molecule has 0 unspecified atom stereocenters. The number of nitro groups is 1. The predicted molar refractivity (Wildman–Crippen MR) is 78.5 cm³/mol. The molecule has 21 heavy (non-hydrogen) atoms. The SMILES string of the molecule is CNc1ccc([N+](=O)[O-])cc1C(=O)NCC1CCOCC1. The molecule has 0 saturated carbocycles. The van der Waals surface area contributed by atoms with Crippen LogP contribution in [0.4, 0.5) is 11.4 Å². The van der Waals surface area contributed by atoms with Gasteiger partial charge in [-0.3, -0.25) is 14.9 Å². The first kappa shape index (κ1) is 15.2. The third kappa shape index (κ3) is 3.91. The van der Waals surface area contributed by atoms with Gasteiger partial charge in [0.05, 0.1) is 10.5 Å². The summed E-state index contributed by atoms with van der Waals surface area (Å²) in [6.07, 6.45) is 1.85. The summed E-state index contributed by atoms with van der Waals surface area (Å²) in [6.45, 7) is 2.01. The van der Waals surface area contributed by atoms with Crippen LogP contribution in [0.25, 0.3) is 0 Å². The van der Waals surface area contributed by atoms with Crippen molar-refractivity contribution < 1.29 is 14.5 Å². The third-order valence-electron chi connectivity index (χ3n) is 3.62. The minimum atomic E-state index is -0.505. The van der Waals surface area contributed by atoms with Gasteiger partial charge in [0.15, 0.2) is 0 Å².